The summed E-state index contributed by atoms with van der Waals surface area (Å²) >= 11 is 0. The lowest BCUT2D eigenvalue weighted by atomic mass is 10.0. The second kappa shape index (κ2) is 8.00. The number of phenols is 1. The highest BCUT2D eigenvalue weighted by atomic mass is 19.1. The summed E-state index contributed by atoms with van der Waals surface area (Å²) in [5, 5.41) is 9.84. The van der Waals surface area contributed by atoms with E-state index in [4.69, 9.17) is 0 Å². The number of rotatable bonds is 6. The largest absolute Gasteiger partial charge is 0.508 e. The fourth-order valence-electron chi connectivity index (χ4n) is 3.76. The highest BCUT2D eigenvalue weighted by Gasteiger charge is 2.29. The van der Waals surface area contributed by atoms with Gasteiger partial charge in [0, 0.05) is 18.7 Å². The number of nitrogens with zero attached hydrogens (tertiary/aromatic N) is 1. The molecule has 1 aliphatic rings. The molecule has 2 aromatic rings. The van der Waals surface area contributed by atoms with Crippen LogP contribution in [0.3, 0.4) is 0 Å². The predicted octanol–water partition coefficient (Wildman–Crippen LogP) is 5.55. The van der Waals surface area contributed by atoms with E-state index in [9.17, 15) is 13.9 Å². The summed E-state index contributed by atoms with van der Waals surface area (Å²) < 4.78 is 27.9. The van der Waals surface area contributed by atoms with Crippen LogP contribution in [0.4, 0.5) is 8.78 Å². The van der Waals surface area contributed by atoms with E-state index >= 15 is 0 Å². The van der Waals surface area contributed by atoms with Crippen molar-refractivity contribution in [2.24, 2.45) is 5.92 Å². The maximum absolute atomic E-state index is 14.3. The zero-order chi connectivity index (χ0) is 18.7. The zero-order valence-corrected chi connectivity index (χ0v) is 15.3. The van der Waals surface area contributed by atoms with Gasteiger partial charge in [0.15, 0.2) is 0 Å². The van der Waals surface area contributed by atoms with Crippen molar-refractivity contribution in [1.29, 1.82) is 0 Å². The Labute approximate surface area is 153 Å². The molecule has 0 fully saturated rings. The molecule has 2 aromatic carbocycles. The van der Waals surface area contributed by atoms with E-state index in [1.807, 2.05) is 18.2 Å². The fourth-order valence-corrected chi connectivity index (χ4v) is 3.76. The minimum atomic E-state index is -0.436. The van der Waals surface area contributed by atoms with Crippen LogP contribution in [0.15, 0.2) is 48.5 Å². The van der Waals surface area contributed by atoms with Crippen LogP contribution >= 0.6 is 0 Å². The maximum Gasteiger partial charge on any atom is 0.130 e. The van der Waals surface area contributed by atoms with Crippen molar-refractivity contribution in [3.63, 3.8) is 0 Å². The maximum atomic E-state index is 14.3. The number of aromatic hydroxyl groups is 1. The number of benzene rings is 2. The molecule has 0 aromatic heterocycles. The van der Waals surface area contributed by atoms with Gasteiger partial charge < -0.3 is 5.11 Å². The van der Waals surface area contributed by atoms with E-state index < -0.39 is 11.6 Å². The summed E-state index contributed by atoms with van der Waals surface area (Å²) in [6, 6.07) is 10.7. The average Bonchev–Trinajstić information content (AvgIpc) is 3.01. The first-order chi connectivity index (χ1) is 12.5. The van der Waals surface area contributed by atoms with Gasteiger partial charge in [0.25, 0.3) is 0 Å². The van der Waals surface area contributed by atoms with Crippen LogP contribution in [0.25, 0.3) is 5.57 Å². The summed E-state index contributed by atoms with van der Waals surface area (Å²) in [7, 11) is 0. The topological polar surface area (TPSA) is 23.5 Å². The van der Waals surface area contributed by atoms with E-state index in [-0.39, 0.29) is 11.8 Å². The Hall–Kier alpha value is -2.20. The summed E-state index contributed by atoms with van der Waals surface area (Å²) in [6.07, 6.45) is 4.23. The van der Waals surface area contributed by atoms with Gasteiger partial charge in [0.2, 0.25) is 0 Å². The second-order valence-corrected chi connectivity index (χ2v) is 7.18. The molecule has 0 amide bonds. The van der Waals surface area contributed by atoms with E-state index in [1.54, 1.807) is 12.1 Å². The van der Waals surface area contributed by atoms with Gasteiger partial charge in [-0.3, -0.25) is 4.90 Å². The first-order valence-corrected chi connectivity index (χ1v) is 9.17. The third kappa shape index (κ3) is 4.13. The summed E-state index contributed by atoms with van der Waals surface area (Å²) in [5.74, 6) is -0.127. The van der Waals surface area contributed by atoms with E-state index in [0.717, 1.165) is 36.6 Å². The lowest BCUT2D eigenvalue weighted by molar-refractivity contribution is 0.232. The monoisotopic (exact) mass is 357 g/mol. The molecule has 1 heterocycles. The third-order valence-corrected chi connectivity index (χ3v) is 4.94. The Morgan fingerprint density at radius 2 is 2.00 bits per heavy atom. The Morgan fingerprint density at radius 1 is 1.19 bits per heavy atom. The van der Waals surface area contributed by atoms with E-state index in [2.05, 4.69) is 18.7 Å². The van der Waals surface area contributed by atoms with Gasteiger partial charge >= 0.3 is 0 Å². The molecular weight excluding hydrogens is 332 g/mol. The van der Waals surface area contributed by atoms with Crippen LogP contribution in [0, 0.1) is 17.6 Å². The van der Waals surface area contributed by atoms with Crippen molar-refractivity contribution in [2.75, 3.05) is 13.1 Å². The number of phenolic OH excluding ortho intramolecular Hbond substituents is 1. The van der Waals surface area contributed by atoms with Crippen LogP contribution in [-0.2, 0) is 0 Å². The summed E-state index contributed by atoms with van der Waals surface area (Å²) in [5.41, 5.74) is 2.07. The molecule has 138 valence electrons. The van der Waals surface area contributed by atoms with Crippen LogP contribution < -0.4 is 0 Å². The van der Waals surface area contributed by atoms with E-state index in [1.165, 1.54) is 12.1 Å². The smallest absolute Gasteiger partial charge is 0.130 e. The molecule has 26 heavy (non-hydrogen) atoms. The molecule has 1 N–H and O–H groups in total. The SMILES string of the molecule is CCCC(C)CN1CC(c2cc(F)ccc2F)=CC1c1cccc(O)c1. The van der Waals surface area contributed by atoms with Crippen molar-refractivity contribution in [3.8, 4) is 5.75 Å². The summed E-state index contributed by atoms with van der Waals surface area (Å²) in [4.78, 5) is 2.27. The lowest BCUT2D eigenvalue weighted by Crippen LogP contribution is -2.29. The van der Waals surface area contributed by atoms with Crippen molar-refractivity contribution in [2.45, 2.75) is 32.7 Å². The van der Waals surface area contributed by atoms with Gasteiger partial charge in [0.05, 0.1) is 6.04 Å². The predicted molar refractivity (Wildman–Crippen MR) is 101 cm³/mol. The second-order valence-electron chi connectivity index (χ2n) is 7.18. The quantitative estimate of drug-likeness (QED) is 0.733. The van der Waals surface area contributed by atoms with Crippen molar-refractivity contribution < 1.29 is 13.9 Å². The molecule has 0 saturated carbocycles. The van der Waals surface area contributed by atoms with Crippen LogP contribution in [0.5, 0.6) is 5.75 Å². The van der Waals surface area contributed by atoms with Crippen molar-refractivity contribution in [1.82, 2.24) is 4.90 Å². The van der Waals surface area contributed by atoms with Crippen LogP contribution in [0.2, 0.25) is 0 Å². The first kappa shape index (κ1) is 18.6. The third-order valence-electron chi connectivity index (χ3n) is 4.94. The van der Waals surface area contributed by atoms with Gasteiger partial charge in [-0.05, 0) is 53.8 Å². The van der Waals surface area contributed by atoms with Gasteiger partial charge in [-0.2, -0.15) is 0 Å². The molecule has 2 atom stereocenters. The summed E-state index contributed by atoms with van der Waals surface area (Å²) in [6.45, 7) is 5.81. The Bertz CT molecular complexity index is 802. The number of hydrogen-bond donors (Lipinski definition) is 1. The van der Waals surface area contributed by atoms with Gasteiger partial charge in [0.1, 0.15) is 17.4 Å². The van der Waals surface area contributed by atoms with E-state index in [0.29, 0.717) is 18.0 Å². The minimum Gasteiger partial charge on any atom is -0.508 e. The van der Waals surface area contributed by atoms with Gasteiger partial charge in [-0.25, -0.2) is 8.78 Å². The number of halogens is 2. The molecule has 0 bridgehead atoms. The van der Waals surface area contributed by atoms with Crippen molar-refractivity contribution >= 4 is 5.57 Å². The highest BCUT2D eigenvalue weighted by Crippen LogP contribution is 2.37. The molecule has 2 unspecified atom stereocenters. The zero-order valence-electron chi connectivity index (χ0n) is 15.3. The standard InChI is InChI=1S/C22H25F2NO/c1-3-5-15(2)13-25-14-17(20-12-18(23)8-9-21(20)24)11-22(25)16-6-4-7-19(26)10-16/h4,6-12,15,22,26H,3,5,13-14H2,1-2H3. The van der Waals surface area contributed by atoms with Crippen molar-refractivity contribution in [3.05, 3.63) is 71.3 Å². The first-order valence-electron chi connectivity index (χ1n) is 9.17. The highest BCUT2D eigenvalue weighted by molar-refractivity contribution is 5.70. The Morgan fingerprint density at radius 3 is 2.73 bits per heavy atom. The molecule has 3 rings (SSSR count). The average molecular weight is 357 g/mol. The number of hydrogen-bond acceptors (Lipinski definition) is 2. The van der Waals surface area contributed by atoms with Gasteiger partial charge in [-0.15, -0.1) is 0 Å². The Kier molecular flexibility index (Phi) is 5.72. The van der Waals surface area contributed by atoms with Gasteiger partial charge in [-0.1, -0.05) is 38.5 Å². The van der Waals surface area contributed by atoms with Crippen LogP contribution in [0.1, 0.15) is 43.9 Å². The molecule has 4 heteroatoms. The lowest BCUT2D eigenvalue weighted by Gasteiger charge is -2.28. The minimum absolute atomic E-state index is 0.0564. The molecule has 0 saturated heterocycles. The normalized spacial score (nSPS) is 18.8. The Balaban J connectivity index is 1.94. The molecule has 1 aliphatic heterocycles. The molecule has 0 spiro atoms. The molecule has 2 nitrogen and oxygen atoms in total. The molecule has 0 radical (unpaired) electrons. The fraction of sp³-hybridized carbons (Fsp3) is 0.364. The molecule has 0 aliphatic carbocycles. The van der Waals surface area contributed by atoms with Crippen LogP contribution in [-0.4, -0.2) is 23.1 Å². The molecular formula is C22H25F2NO.